The summed E-state index contributed by atoms with van der Waals surface area (Å²) in [5.41, 5.74) is 3.34. The molecule has 2 N–H and O–H groups in total. The molecule has 0 aliphatic rings. The molecule has 1 heterocycles. The number of amides is 1. The predicted octanol–water partition coefficient (Wildman–Crippen LogP) is 4.21. The van der Waals surface area contributed by atoms with Crippen LogP contribution in [0.2, 0.25) is 0 Å². The van der Waals surface area contributed by atoms with Gasteiger partial charge in [-0.1, -0.05) is 49.0 Å². The molecule has 26 heavy (non-hydrogen) atoms. The molecule has 2 aromatic carbocycles. The minimum Gasteiger partial charge on any atom is -0.325 e. The lowest BCUT2D eigenvalue weighted by atomic mass is 10.1. The van der Waals surface area contributed by atoms with Gasteiger partial charge in [0.1, 0.15) is 5.82 Å². The monoisotopic (exact) mass is 370 g/mol. The fourth-order valence-corrected chi connectivity index (χ4v) is 3.19. The molecule has 5 nitrogen and oxygen atoms in total. The number of nitrogens with zero attached hydrogens (tertiary/aromatic N) is 2. The summed E-state index contributed by atoms with van der Waals surface area (Å²) in [7, 11) is 0. The van der Waals surface area contributed by atoms with Crippen LogP contribution in [0.4, 0.5) is 10.1 Å². The standard InChI is InChI=1S/C19H19FN4OS/c1-3-13-8-6-7-12(2)17(13)21-16(25)11-26-19-22-18(23-24-19)14-9-4-5-10-15(14)20/h4-10H,3,11H2,1-2H3,(H,21,25)(H,22,23,24). The Morgan fingerprint density at radius 2 is 2.04 bits per heavy atom. The summed E-state index contributed by atoms with van der Waals surface area (Å²) in [6.07, 6.45) is 0.845. The first-order chi connectivity index (χ1) is 12.6. The molecule has 0 radical (unpaired) electrons. The van der Waals surface area contributed by atoms with Crippen LogP contribution in [-0.4, -0.2) is 26.8 Å². The van der Waals surface area contributed by atoms with Gasteiger partial charge in [0.05, 0.1) is 11.3 Å². The van der Waals surface area contributed by atoms with Crippen molar-refractivity contribution in [3.63, 3.8) is 0 Å². The Morgan fingerprint density at radius 1 is 1.23 bits per heavy atom. The molecule has 0 aliphatic heterocycles. The third kappa shape index (κ3) is 4.11. The third-order valence-electron chi connectivity index (χ3n) is 3.93. The molecule has 1 amide bonds. The summed E-state index contributed by atoms with van der Waals surface area (Å²) in [6, 6.07) is 12.3. The van der Waals surface area contributed by atoms with Crippen LogP contribution >= 0.6 is 11.8 Å². The molecule has 0 aliphatic carbocycles. The van der Waals surface area contributed by atoms with E-state index in [-0.39, 0.29) is 17.5 Å². The maximum absolute atomic E-state index is 13.8. The second-order valence-electron chi connectivity index (χ2n) is 5.75. The molecular formula is C19H19FN4OS. The molecule has 3 aromatic rings. The van der Waals surface area contributed by atoms with E-state index in [0.717, 1.165) is 23.2 Å². The molecule has 0 saturated heterocycles. The largest absolute Gasteiger partial charge is 0.325 e. The number of hydrogen-bond acceptors (Lipinski definition) is 4. The molecule has 0 fully saturated rings. The number of para-hydroxylation sites is 1. The fourth-order valence-electron chi connectivity index (χ4n) is 2.59. The zero-order valence-electron chi connectivity index (χ0n) is 14.5. The summed E-state index contributed by atoms with van der Waals surface area (Å²) in [5.74, 6) is 0.0190. The Morgan fingerprint density at radius 3 is 2.81 bits per heavy atom. The number of aromatic nitrogens is 3. The molecule has 0 saturated carbocycles. The number of thioether (sulfide) groups is 1. The van der Waals surface area contributed by atoms with Crippen molar-refractivity contribution in [1.82, 2.24) is 15.2 Å². The molecule has 134 valence electrons. The van der Waals surface area contributed by atoms with Gasteiger partial charge in [0.15, 0.2) is 5.82 Å². The summed E-state index contributed by atoms with van der Waals surface area (Å²) >= 11 is 1.20. The quantitative estimate of drug-likeness (QED) is 0.638. The number of anilines is 1. The summed E-state index contributed by atoms with van der Waals surface area (Å²) in [6.45, 7) is 4.02. The van der Waals surface area contributed by atoms with E-state index in [0.29, 0.717) is 16.5 Å². The van der Waals surface area contributed by atoms with Crippen molar-refractivity contribution in [3.8, 4) is 11.4 Å². The molecule has 0 bridgehead atoms. The zero-order valence-corrected chi connectivity index (χ0v) is 15.4. The smallest absolute Gasteiger partial charge is 0.234 e. The van der Waals surface area contributed by atoms with Crippen molar-refractivity contribution < 1.29 is 9.18 Å². The minimum atomic E-state index is -0.371. The van der Waals surface area contributed by atoms with Gasteiger partial charge in [-0.2, -0.15) is 0 Å². The molecule has 3 rings (SSSR count). The van der Waals surface area contributed by atoms with Crippen molar-refractivity contribution in [2.45, 2.75) is 25.4 Å². The van der Waals surface area contributed by atoms with E-state index >= 15 is 0 Å². The molecule has 0 unspecified atom stereocenters. The number of aromatic amines is 1. The predicted molar refractivity (Wildman–Crippen MR) is 102 cm³/mol. The molecule has 1 aromatic heterocycles. The van der Waals surface area contributed by atoms with Crippen molar-refractivity contribution in [3.05, 3.63) is 59.4 Å². The normalized spacial score (nSPS) is 10.7. The van der Waals surface area contributed by atoms with Crippen LogP contribution < -0.4 is 5.32 Å². The number of rotatable bonds is 6. The maximum Gasteiger partial charge on any atom is 0.234 e. The van der Waals surface area contributed by atoms with Gasteiger partial charge in [0.2, 0.25) is 11.1 Å². The molecule has 7 heteroatoms. The van der Waals surface area contributed by atoms with E-state index in [4.69, 9.17) is 0 Å². The Kier molecular flexibility index (Phi) is 5.68. The van der Waals surface area contributed by atoms with Crippen molar-refractivity contribution in [1.29, 1.82) is 0 Å². The molecular weight excluding hydrogens is 351 g/mol. The van der Waals surface area contributed by atoms with Gasteiger partial charge in [0, 0.05) is 5.69 Å². The van der Waals surface area contributed by atoms with Crippen molar-refractivity contribution >= 4 is 23.4 Å². The Balaban J connectivity index is 1.63. The van der Waals surface area contributed by atoms with Crippen LogP contribution in [-0.2, 0) is 11.2 Å². The van der Waals surface area contributed by atoms with E-state index in [2.05, 4.69) is 27.4 Å². The lowest BCUT2D eigenvalue weighted by molar-refractivity contribution is -0.113. The zero-order chi connectivity index (χ0) is 18.5. The Bertz CT molecular complexity index is 925. The second-order valence-corrected chi connectivity index (χ2v) is 6.69. The first kappa shape index (κ1) is 18.1. The van der Waals surface area contributed by atoms with E-state index in [9.17, 15) is 9.18 Å². The third-order valence-corrected chi connectivity index (χ3v) is 4.78. The first-order valence-electron chi connectivity index (χ1n) is 8.27. The minimum absolute atomic E-state index is 0.128. The van der Waals surface area contributed by atoms with E-state index in [1.807, 2.05) is 25.1 Å². The van der Waals surface area contributed by atoms with Gasteiger partial charge in [0.25, 0.3) is 0 Å². The summed E-state index contributed by atoms with van der Waals surface area (Å²) in [4.78, 5) is 16.5. The second kappa shape index (κ2) is 8.14. The number of aryl methyl sites for hydroxylation is 2. The first-order valence-corrected chi connectivity index (χ1v) is 9.25. The van der Waals surface area contributed by atoms with Crippen LogP contribution in [0.5, 0.6) is 0 Å². The number of halogens is 1. The Labute approximate surface area is 155 Å². The highest BCUT2D eigenvalue weighted by molar-refractivity contribution is 7.99. The number of hydrogen-bond donors (Lipinski definition) is 2. The lowest BCUT2D eigenvalue weighted by Gasteiger charge is -2.12. The lowest BCUT2D eigenvalue weighted by Crippen LogP contribution is -2.16. The average molecular weight is 370 g/mol. The topological polar surface area (TPSA) is 70.7 Å². The van der Waals surface area contributed by atoms with Crippen LogP contribution in [0, 0.1) is 12.7 Å². The SMILES string of the molecule is CCc1cccc(C)c1NC(=O)CSc1n[nH]c(-c2ccccc2F)n1. The number of benzene rings is 2. The average Bonchev–Trinajstić information content (AvgIpc) is 3.11. The molecule has 0 atom stereocenters. The maximum atomic E-state index is 13.8. The Hall–Kier alpha value is -2.67. The number of carbonyl (C=O) groups is 1. The van der Waals surface area contributed by atoms with Crippen LogP contribution in [0.3, 0.4) is 0 Å². The van der Waals surface area contributed by atoms with Gasteiger partial charge in [-0.25, -0.2) is 9.37 Å². The molecule has 0 spiro atoms. The van der Waals surface area contributed by atoms with Gasteiger partial charge in [-0.05, 0) is 36.6 Å². The van der Waals surface area contributed by atoms with Crippen molar-refractivity contribution in [2.24, 2.45) is 0 Å². The fraction of sp³-hybridized carbons (Fsp3) is 0.211. The van der Waals surface area contributed by atoms with Gasteiger partial charge in [-0.3, -0.25) is 9.89 Å². The van der Waals surface area contributed by atoms with Crippen LogP contribution in [0.25, 0.3) is 11.4 Å². The van der Waals surface area contributed by atoms with E-state index in [1.54, 1.807) is 18.2 Å². The highest BCUT2D eigenvalue weighted by Crippen LogP contribution is 2.23. The number of carbonyl (C=O) groups excluding carboxylic acids is 1. The van der Waals surface area contributed by atoms with Gasteiger partial charge < -0.3 is 5.32 Å². The highest BCUT2D eigenvalue weighted by atomic mass is 32.2. The summed E-state index contributed by atoms with van der Waals surface area (Å²) in [5, 5.41) is 10.1. The highest BCUT2D eigenvalue weighted by Gasteiger charge is 2.13. The van der Waals surface area contributed by atoms with Crippen LogP contribution in [0.1, 0.15) is 18.1 Å². The number of H-pyrrole nitrogens is 1. The van der Waals surface area contributed by atoms with Gasteiger partial charge >= 0.3 is 0 Å². The van der Waals surface area contributed by atoms with Crippen LogP contribution in [0.15, 0.2) is 47.6 Å². The van der Waals surface area contributed by atoms with Crippen molar-refractivity contribution in [2.75, 3.05) is 11.1 Å². The van der Waals surface area contributed by atoms with Gasteiger partial charge in [-0.15, -0.1) is 5.10 Å². The number of nitrogens with one attached hydrogen (secondary N) is 2. The van der Waals surface area contributed by atoms with E-state index < -0.39 is 0 Å². The summed E-state index contributed by atoms with van der Waals surface area (Å²) < 4.78 is 13.8. The van der Waals surface area contributed by atoms with E-state index in [1.165, 1.54) is 17.8 Å².